The summed E-state index contributed by atoms with van der Waals surface area (Å²) in [6.45, 7) is 8.38. The Balaban J connectivity index is 0.00000300. The van der Waals surface area contributed by atoms with Gasteiger partial charge in [-0.3, -0.25) is 0 Å². The number of hydrogen-bond acceptors (Lipinski definition) is 3. The van der Waals surface area contributed by atoms with Crippen molar-refractivity contribution in [2.24, 2.45) is 4.99 Å². The minimum absolute atomic E-state index is 0. The lowest BCUT2D eigenvalue weighted by molar-refractivity contribution is 0.150. The third kappa shape index (κ3) is 7.02. The quantitative estimate of drug-likeness (QED) is 0.341. The second kappa shape index (κ2) is 12.0. The Labute approximate surface area is 194 Å². The van der Waals surface area contributed by atoms with E-state index in [0.29, 0.717) is 6.04 Å². The lowest BCUT2D eigenvalue weighted by Gasteiger charge is -2.36. The maximum atomic E-state index is 4.88. The van der Waals surface area contributed by atoms with Crippen LogP contribution in [0.15, 0.2) is 23.2 Å². The maximum Gasteiger partial charge on any atom is 0.191 e. The average Bonchev–Trinajstić information content (AvgIpc) is 3.22. The first kappa shape index (κ1) is 24.3. The summed E-state index contributed by atoms with van der Waals surface area (Å²) in [6.07, 6.45) is 8.11. The molecular weight excluding hydrogens is 473 g/mol. The highest BCUT2D eigenvalue weighted by atomic mass is 127. The van der Waals surface area contributed by atoms with E-state index in [9.17, 15) is 0 Å². The fourth-order valence-electron chi connectivity index (χ4n) is 4.49. The first-order valence-electron chi connectivity index (χ1n) is 11.1. The van der Waals surface area contributed by atoms with Crippen molar-refractivity contribution in [2.75, 3.05) is 38.6 Å². The van der Waals surface area contributed by atoms with Gasteiger partial charge in [-0.25, -0.2) is 4.99 Å². The highest BCUT2D eigenvalue weighted by molar-refractivity contribution is 14.0. The summed E-state index contributed by atoms with van der Waals surface area (Å²) in [5.74, 6) is 0.956. The van der Waals surface area contributed by atoms with Crippen molar-refractivity contribution >= 4 is 35.6 Å². The lowest BCUT2D eigenvalue weighted by atomic mass is 10.0. The average molecular weight is 514 g/mol. The van der Waals surface area contributed by atoms with Gasteiger partial charge in [-0.15, -0.1) is 24.0 Å². The van der Waals surface area contributed by atoms with Gasteiger partial charge in [0, 0.05) is 51.5 Å². The molecule has 5 nitrogen and oxygen atoms in total. The summed E-state index contributed by atoms with van der Waals surface area (Å²) in [5.41, 5.74) is 3.83. The lowest BCUT2D eigenvalue weighted by Crippen LogP contribution is -2.50. The van der Waals surface area contributed by atoms with Gasteiger partial charge >= 0.3 is 0 Å². The molecule has 1 saturated heterocycles. The predicted molar refractivity (Wildman–Crippen MR) is 136 cm³/mol. The molecule has 0 radical (unpaired) electrons. The smallest absolute Gasteiger partial charge is 0.191 e. The summed E-state index contributed by atoms with van der Waals surface area (Å²) < 4.78 is 0. The van der Waals surface area contributed by atoms with Crippen LogP contribution in [0.1, 0.15) is 56.6 Å². The van der Waals surface area contributed by atoms with E-state index in [4.69, 9.17) is 4.99 Å². The molecule has 0 amide bonds. The third-order valence-electron chi connectivity index (χ3n) is 6.31. The summed E-state index contributed by atoms with van der Waals surface area (Å²) in [6, 6.07) is 8.02. The Bertz CT molecular complexity index is 647. The van der Waals surface area contributed by atoms with Crippen molar-refractivity contribution in [3.05, 3.63) is 29.3 Å². The molecule has 0 spiro atoms. The van der Waals surface area contributed by atoms with Gasteiger partial charge < -0.3 is 20.4 Å². The second-order valence-corrected chi connectivity index (χ2v) is 8.59. The number of guanidine groups is 1. The molecule has 0 aromatic heterocycles. The van der Waals surface area contributed by atoms with Gasteiger partial charge in [-0.1, -0.05) is 18.9 Å². The molecule has 164 valence electrons. The number of aliphatic imine (C=N–C) groups is 1. The zero-order valence-corrected chi connectivity index (χ0v) is 21.0. The topological polar surface area (TPSA) is 42.9 Å². The van der Waals surface area contributed by atoms with E-state index in [1.165, 1.54) is 68.4 Å². The Hall–Kier alpha value is -1.02. The number of nitrogens with zero attached hydrogens (tertiary/aromatic N) is 3. The Morgan fingerprint density at radius 1 is 1.14 bits per heavy atom. The van der Waals surface area contributed by atoms with Gasteiger partial charge in [-0.2, -0.15) is 0 Å². The Morgan fingerprint density at radius 2 is 1.83 bits per heavy atom. The van der Waals surface area contributed by atoms with E-state index in [0.717, 1.165) is 25.1 Å². The van der Waals surface area contributed by atoms with Crippen molar-refractivity contribution in [3.8, 4) is 0 Å². The molecule has 29 heavy (non-hydrogen) atoms. The number of rotatable bonds is 6. The van der Waals surface area contributed by atoms with Gasteiger partial charge in [-0.05, 0) is 62.8 Å². The van der Waals surface area contributed by atoms with Gasteiger partial charge in [0.05, 0.1) is 6.54 Å². The molecule has 1 aromatic carbocycles. The van der Waals surface area contributed by atoms with E-state index < -0.39 is 0 Å². The standard InChI is InChI=1S/C23H39N5.HI/c1-5-24-23(25-17-19-10-11-22(27(3)4)16-18(19)2)26-20-12-14-28(15-13-20)21-8-6-7-9-21;/h10-11,16,20-21H,5-9,12-15,17H2,1-4H3,(H2,24,25,26);1H. The summed E-state index contributed by atoms with van der Waals surface area (Å²) >= 11 is 0. The van der Waals surface area contributed by atoms with Crippen LogP contribution in [0.25, 0.3) is 0 Å². The molecule has 6 heteroatoms. The molecule has 3 rings (SSSR count). The van der Waals surface area contributed by atoms with E-state index in [1.54, 1.807) is 0 Å². The molecule has 2 aliphatic rings. The highest BCUT2D eigenvalue weighted by Crippen LogP contribution is 2.26. The number of nitrogens with one attached hydrogen (secondary N) is 2. The number of halogens is 1. The first-order valence-corrected chi connectivity index (χ1v) is 11.1. The van der Waals surface area contributed by atoms with E-state index in [1.807, 2.05) is 0 Å². The number of hydrogen-bond donors (Lipinski definition) is 2. The van der Waals surface area contributed by atoms with E-state index in [-0.39, 0.29) is 24.0 Å². The second-order valence-electron chi connectivity index (χ2n) is 8.59. The summed E-state index contributed by atoms with van der Waals surface area (Å²) in [5, 5.41) is 7.12. The van der Waals surface area contributed by atoms with Crippen LogP contribution in [0.5, 0.6) is 0 Å². The third-order valence-corrected chi connectivity index (χ3v) is 6.31. The molecule has 0 atom stereocenters. The van der Waals surface area contributed by atoms with Gasteiger partial charge in [0.25, 0.3) is 0 Å². The molecule has 2 fully saturated rings. The Kier molecular flexibility index (Phi) is 10.0. The molecule has 2 N–H and O–H groups in total. The molecular formula is C23H40IN5. The highest BCUT2D eigenvalue weighted by Gasteiger charge is 2.27. The molecule has 1 aliphatic heterocycles. The van der Waals surface area contributed by atoms with Crippen LogP contribution in [-0.2, 0) is 6.54 Å². The normalized spacial score (nSPS) is 19.1. The largest absolute Gasteiger partial charge is 0.378 e. The zero-order chi connectivity index (χ0) is 19.9. The van der Waals surface area contributed by atoms with Crippen molar-refractivity contribution < 1.29 is 0 Å². The summed E-state index contributed by atoms with van der Waals surface area (Å²) in [4.78, 5) is 9.75. The van der Waals surface area contributed by atoms with E-state index in [2.05, 4.69) is 66.6 Å². The minimum atomic E-state index is 0. The number of likely N-dealkylation sites (tertiary alicyclic amines) is 1. The number of anilines is 1. The van der Waals surface area contributed by atoms with Crippen molar-refractivity contribution in [2.45, 2.75) is 71.0 Å². The number of piperidine rings is 1. The van der Waals surface area contributed by atoms with Gasteiger partial charge in [0.1, 0.15) is 0 Å². The molecule has 1 saturated carbocycles. The van der Waals surface area contributed by atoms with E-state index >= 15 is 0 Å². The van der Waals surface area contributed by atoms with Crippen molar-refractivity contribution in [1.82, 2.24) is 15.5 Å². The molecule has 0 unspecified atom stereocenters. The van der Waals surface area contributed by atoms with Crippen LogP contribution >= 0.6 is 24.0 Å². The minimum Gasteiger partial charge on any atom is -0.378 e. The monoisotopic (exact) mass is 513 g/mol. The van der Waals surface area contributed by atoms with Crippen LogP contribution in [-0.4, -0.2) is 56.7 Å². The van der Waals surface area contributed by atoms with Crippen LogP contribution in [0, 0.1) is 6.92 Å². The Morgan fingerprint density at radius 3 is 2.41 bits per heavy atom. The molecule has 0 bridgehead atoms. The number of aryl methyl sites for hydroxylation is 1. The summed E-state index contributed by atoms with van der Waals surface area (Å²) in [7, 11) is 4.16. The predicted octanol–water partition coefficient (Wildman–Crippen LogP) is 4.14. The zero-order valence-electron chi connectivity index (χ0n) is 18.7. The van der Waals surface area contributed by atoms with Crippen molar-refractivity contribution in [3.63, 3.8) is 0 Å². The molecule has 1 aromatic rings. The number of benzene rings is 1. The van der Waals surface area contributed by atoms with Crippen molar-refractivity contribution in [1.29, 1.82) is 0 Å². The van der Waals surface area contributed by atoms with Crippen LogP contribution in [0.3, 0.4) is 0 Å². The maximum absolute atomic E-state index is 4.88. The SMILES string of the molecule is CCNC(=NCc1ccc(N(C)C)cc1C)NC1CCN(C2CCCC2)CC1.I. The van der Waals surface area contributed by atoms with Gasteiger partial charge in [0.15, 0.2) is 5.96 Å². The van der Waals surface area contributed by atoms with Crippen LogP contribution < -0.4 is 15.5 Å². The molecule has 1 heterocycles. The molecule has 1 aliphatic carbocycles. The van der Waals surface area contributed by atoms with Crippen LogP contribution in [0.2, 0.25) is 0 Å². The fraction of sp³-hybridized carbons (Fsp3) is 0.696. The first-order chi connectivity index (χ1) is 13.6. The van der Waals surface area contributed by atoms with Gasteiger partial charge in [0.2, 0.25) is 0 Å². The van der Waals surface area contributed by atoms with Crippen LogP contribution in [0.4, 0.5) is 5.69 Å². The fourth-order valence-corrected chi connectivity index (χ4v) is 4.49.